The highest BCUT2D eigenvalue weighted by molar-refractivity contribution is 7.07. The first kappa shape index (κ1) is 17.4. The number of nitrogens with zero attached hydrogens (tertiary/aromatic N) is 5. The predicted octanol–water partition coefficient (Wildman–Crippen LogP) is 0.651. The molecule has 1 aliphatic rings. The second-order valence-electron chi connectivity index (χ2n) is 5.99. The van der Waals surface area contributed by atoms with Gasteiger partial charge in [-0.15, -0.1) is 11.3 Å². The zero-order valence-corrected chi connectivity index (χ0v) is 15.2. The molecule has 28 heavy (non-hydrogen) atoms. The minimum Gasteiger partial charge on any atom is -0.384 e. The molecule has 1 atom stereocenters. The van der Waals surface area contributed by atoms with Gasteiger partial charge in [-0.05, 0) is 41.5 Å². The van der Waals surface area contributed by atoms with Gasteiger partial charge in [0.25, 0.3) is 5.56 Å². The summed E-state index contributed by atoms with van der Waals surface area (Å²) < 4.78 is 2.11. The van der Waals surface area contributed by atoms with Crippen LogP contribution in [0.5, 0.6) is 0 Å². The largest absolute Gasteiger partial charge is 0.384 e. The number of nitrogens with two attached hydrogens (primary N) is 1. The van der Waals surface area contributed by atoms with E-state index in [4.69, 9.17) is 5.73 Å². The molecule has 0 bridgehead atoms. The lowest BCUT2D eigenvalue weighted by Crippen LogP contribution is -2.38. The maximum Gasteiger partial charge on any atom is 0.274 e. The van der Waals surface area contributed by atoms with Gasteiger partial charge in [0, 0.05) is 24.8 Å². The van der Waals surface area contributed by atoms with Crippen LogP contribution in [0.3, 0.4) is 0 Å². The third-order valence-electron chi connectivity index (χ3n) is 4.43. The van der Waals surface area contributed by atoms with Crippen LogP contribution >= 0.6 is 11.3 Å². The molecule has 0 fully saturated rings. The van der Waals surface area contributed by atoms with E-state index in [2.05, 4.69) is 22.1 Å². The fraction of sp³-hybridized carbons (Fsp3) is 0.0500. The average Bonchev–Trinajstić information content (AvgIpc) is 3.05. The van der Waals surface area contributed by atoms with Gasteiger partial charge in [-0.1, -0.05) is 0 Å². The summed E-state index contributed by atoms with van der Waals surface area (Å²) in [7, 11) is 0. The van der Waals surface area contributed by atoms with Crippen molar-refractivity contribution < 1.29 is 0 Å². The van der Waals surface area contributed by atoms with E-state index in [-0.39, 0.29) is 17.0 Å². The molecule has 7 nitrogen and oxygen atoms in total. The molecule has 1 aliphatic heterocycles. The molecular formula is C20H12N6OS. The number of aromatic nitrogens is 3. The van der Waals surface area contributed by atoms with E-state index in [9.17, 15) is 15.3 Å². The fourth-order valence-corrected chi connectivity index (χ4v) is 4.28. The maximum atomic E-state index is 13.0. The van der Waals surface area contributed by atoms with E-state index in [1.54, 1.807) is 55.1 Å². The smallest absolute Gasteiger partial charge is 0.274 e. The second kappa shape index (κ2) is 6.95. The second-order valence-corrected chi connectivity index (χ2v) is 7.02. The Hall–Kier alpha value is -4.01. The lowest BCUT2D eigenvalue weighted by Gasteiger charge is -2.22. The van der Waals surface area contributed by atoms with Crippen molar-refractivity contribution in [3.8, 4) is 12.1 Å². The molecule has 8 heteroatoms. The molecule has 0 spiro atoms. The summed E-state index contributed by atoms with van der Waals surface area (Å²) in [6, 6.07) is 11.3. The van der Waals surface area contributed by atoms with Crippen molar-refractivity contribution in [1.29, 1.82) is 10.5 Å². The van der Waals surface area contributed by atoms with E-state index in [1.807, 2.05) is 0 Å². The zero-order chi connectivity index (χ0) is 19.7. The molecule has 0 radical (unpaired) electrons. The number of fused-ring (bicyclic) bond motifs is 1. The first-order chi connectivity index (χ1) is 13.7. The number of allylic oxidation sites excluding steroid dienone is 1. The molecule has 4 rings (SSSR count). The Morgan fingerprint density at radius 3 is 2.25 bits per heavy atom. The minimum atomic E-state index is -0.634. The van der Waals surface area contributed by atoms with E-state index in [0.717, 1.165) is 11.1 Å². The Morgan fingerprint density at radius 1 is 1.04 bits per heavy atom. The van der Waals surface area contributed by atoms with E-state index in [1.165, 1.54) is 15.9 Å². The molecule has 3 aromatic heterocycles. The Bertz CT molecular complexity index is 1350. The summed E-state index contributed by atoms with van der Waals surface area (Å²) in [6.07, 6.45) is 8.16. The molecule has 4 heterocycles. The Labute approximate surface area is 163 Å². The van der Waals surface area contributed by atoms with Gasteiger partial charge in [0.15, 0.2) is 0 Å². The summed E-state index contributed by atoms with van der Waals surface area (Å²) in [6.45, 7) is 0. The lowest BCUT2D eigenvalue weighted by atomic mass is 9.85. The minimum absolute atomic E-state index is 0.0499. The van der Waals surface area contributed by atoms with Crippen LogP contribution in [-0.2, 0) is 0 Å². The zero-order valence-electron chi connectivity index (χ0n) is 14.4. The fourth-order valence-electron chi connectivity index (χ4n) is 3.15. The highest BCUT2D eigenvalue weighted by Crippen LogP contribution is 2.34. The summed E-state index contributed by atoms with van der Waals surface area (Å²) in [5, 5.41) is 19.6. The van der Waals surface area contributed by atoms with Gasteiger partial charge in [0.2, 0.25) is 0 Å². The summed E-state index contributed by atoms with van der Waals surface area (Å²) in [5.41, 5.74) is 7.87. The van der Waals surface area contributed by atoms with Crippen molar-refractivity contribution in [1.82, 2.24) is 14.5 Å². The van der Waals surface area contributed by atoms with Crippen molar-refractivity contribution >= 4 is 28.8 Å². The van der Waals surface area contributed by atoms with Gasteiger partial charge in [-0.3, -0.25) is 19.3 Å². The van der Waals surface area contributed by atoms with Crippen molar-refractivity contribution in [2.75, 3.05) is 0 Å². The van der Waals surface area contributed by atoms with Crippen molar-refractivity contribution in [3.05, 3.63) is 85.3 Å². The molecule has 0 amide bonds. The number of hydrogen-bond donors (Lipinski definition) is 1. The molecule has 0 aliphatic carbocycles. The standard InChI is InChI=1S/C20H12N6OS/c21-10-14-17(13-3-7-25-8-4-13)15(11-22)20-26(18(14)23)19(27)16(28-20)9-12-1-5-24-6-2-12/h1-9,17H,23H2/b16-9-. The molecule has 0 saturated heterocycles. The summed E-state index contributed by atoms with van der Waals surface area (Å²) >= 11 is 1.18. The normalized spacial score (nSPS) is 16.4. The van der Waals surface area contributed by atoms with E-state index >= 15 is 0 Å². The van der Waals surface area contributed by atoms with Gasteiger partial charge >= 0.3 is 0 Å². The van der Waals surface area contributed by atoms with Crippen LogP contribution in [0.1, 0.15) is 17.0 Å². The summed E-state index contributed by atoms with van der Waals surface area (Å²) in [4.78, 5) is 20.9. The molecule has 134 valence electrons. The monoisotopic (exact) mass is 384 g/mol. The highest BCUT2D eigenvalue weighted by Gasteiger charge is 2.31. The average molecular weight is 384 g/mol. The van der Waals surface area contributed by atoms with Crippen LogP contribution < -0.4 is 20.5 Å². The van der Waals surface area contributed by atoms with Gasteiger partial charge in [-0.25, -0.2) is 0 Å². The molecule has 3 aromatic rings. The molecule has 0 aromatic carbocycles. The number of rotatable bonds is 2. The molecule has 0 saturated carbocycles. The van der Waals surface area contributed by atoms with E-state index < -0.39 is 5.92 Å². The number of nitriles is 2. The Morgan fingerprint density at radius 2 is 1.64 bits per heavy atom. The van der Waals surface area contributed by atoms with Gasteiger partial charge in [-0.2, -0.15) is 10.5 Å². The molecule has 2 N–H and O–H groups in total. The van der Waals surface area contributed by atoms with Crippen LogP contribution in [0, 0.1) is 22.7 Å². The summed E-state index contributed by atoms with van der Waals surface area (Å²) in [5.74, 6) is -0.584. The highest BCUT2D eigenvalue weighted by atomic mass is 32.1. The lowest BCUT2D eigenvalue weighted by molar-refractivity contribution is 0.904. The number of thiazole rings is 1. The van der Waals surface area contributed by atoms with Crippen LogP contribution in [0.25, 0.3) is 17.5 Å². The van der Waals surface area contributed by atoms with Crippen LogP contribution in [0.4, 0.5) is 0 Å². The van der Waals surface area contributed by atoms with Crippen molar-refractivity contribution in [3.63, 3.8) is 0 Å². The number of hydrogen-bond acceptors (Lipinski definition) is 7. The van der Waals surface area contributed by atoms with Crippen molar-refractivity contribution in [2.45, 2.75) is 5.92 Å². The topological polar surface area (TPSA) is 121 Å². The first-order valence-electron chi connectivity index (χ1n) is 8.23. The molecular weight excluding hydrogens is 372 g/mol. The van der Waals surface area contributed by atoms with Crippen LogP contribution in [0.15, 0.2) is 59.4 Å². The predicted molar refractivity (Wildman–Crippen MR) is 105 cm³/mol. The van der Waals surface area contributed by atoms with Gasteiger partial charge < -0.3 is 5.73 Å². The third-order valence-corrected chi connectivity index (χ3v) is 5.54. The first-order valence-corrected chi connectivity index (χ1v) is 9.05. The Balaban J connectivity index is 2.08. The van der Waals surface area contributed by atoms with Gasteiger partial charge in [0.05, 0.1) is 33.7 Å². The van der Waals surface area contributed by atoms with Crippen LogP contribution in [0.2, 0.25) is 0 Å². The SMILES string of the molecule is N#CC1=C(N)n2c(s/c(=C\c3ccncc3)c2=O)=C(C#N)C1c1ccncc1. The quantitative estimate of drug-likeness (QED) is 0.692. The van der Waals surface area contributed by atoms with Gasteiger partial charge in [0.1, 0.15) is 10.5 Å². The maximum absolute atomic E-state index is 13.0. The Kier molecular flexibility index (Phi) is 4.32. The third kappa shape index (κ3) is 2.69. The van der Waals surface area contributed by atoms with Crippen LogP contribution in [-0.4, -0.2) is 14.5 Å². The number of pyridine rings is 2. The molecule has 1 unspecified atom stereocenters. The van der Waals surface area contributed by atoms with E-state index in [0.29, 0.717) is 14.8 Å². The van der Waals surface area contributed by atoms with Crippen molar-refractivity contribution in [2.24, 2.45) is 5.73 Å².